The maximum atomic E-state index is 12.4. The molecule has 30 heavy (non-hydrogen) atoms. The van der Waals surface area contributed by atoms with Gasteiger partial charge in [0.2, 0.25) is 11.8 Å². The number of carbonyl (C=O) groups is 2. The van der Waals surface area contributed by atoms with Crippen LogP contribution >= 0.6 is 11.3 Å². The molecule has 156 valence electrons. The molecule has 3 rings (SSSR count). The number of ether oxygens (including phenoxy) is 1. The van der Waals surface area contributed by atoms with Gasteiger partial charge in [0.05, 0.1) is 18.7 Å². The molecule has 0 fully saturated rings. The lowest BCUT2D eigenvalue weighted by atomic mass is 10.2. The molecule has 2 N–H and O–H groups in total. The van der Waals surface area contributed by atoms with Crippen molar-refractivity contribution in [2.75, 3.05) is 17.2 Å². The number of rotatable bonds is 8. The van der Waals surface area contributed by atoms with E-state index in [4.69, 9.17) is 4.74 Å². The molecule has 1 heterocycles. The predicted octanol–water partition coefficient (Wildman–Crippen LogP) is 4.98. The Bertz CT molecular complexity index is 995. The lowest BCUT2D eigenvalue weighted by Crippen LogP contribution is -2.18. The molecular weight excluding hydrogens is 398 g/mol. The minimum atomic E-state index is -0.141. The van der Waals surface area contributed by atoms with Crippen molar-refractivity contribution < 1.29 is 14.3 Å². The third-order valence-corrected chi connectivity index (χ3v) is 5.21. The number of hydrogen-bond acceptors (Lipinski definition) is 5. The largest absolute Gasteiger partial charge is 0.494 e. The summed E-state index contributed by atoms with van der Waals surface area (Å²) < 4.78 is 5.46. The second-order valence-corrected chi connectivity index (χ2v) is 7.91. The van der Waals surface area contributed by atoms with Gasteiger partial charge in [-0.2, -0.15) is 0 Å². The van der Waals surface area contributed by atoms with E-state index in [1.54, 1.807) is 24.3 Å². The summed E-state index contributed by atoms with van der Waals surface area (Å²) >= 11 is 1.51. The lowest BCUT2D eigenvalue weighted by molar-refractivity contribution is -0.119. The van der Waals surface area contributed by atoms with Gasteiger partial charge in [0.1, 0.15) is 10.8 Å². The average Bonchev–Trinajstić information content (AvgIpc) is 3.18. The van der Waals surface area contributed by atoms with Gasteiger partial charge in [0, 0.05) is 28.2 Å². The van der Waals surface area contributed by atoms with E-state index in [1.165, 1.54) is 11.3 Å². The third-order valence-electron chi connectivity index (χ3n) is 4.27. The summed E-state index contributed by atoms with van der Waals surface area (Å²) in [6.45, 7) is 6.25. The molecule has 2 aromatic carbocycles. The van der Waals surface area contributed by atoms with Crippen LogP contribution in [0.1, 0.15) is 26.5 Å². The van der Waals surface area contributed by atoms with Crippen LogP contribution in [0.3, 0.4) is 0 Å². The van der Waals surface area contributed by atoms with Gasteiger partial charge in [0.25, 0.3) is 0 Å². The summed E-state index contributed by atoms with van der Waals surface area (Å²) in [4.78, 5) is 28.7. The van der Waals surface area contributed by atoms with E-state index in [0.717, 1.165) is 22.0 Å². The van der Waals surface area contributed by atoms with Crippen LogP contribution in [0.15, 0.2) is 53.9 Å². The molecule has 6 nitrogen and oxygen atoms in total. The summed E-state index contributed by atoms with van der Waals surface area (Å²) in [7, 11) is 0. The molecule has 0 unspecified atom stereocenters. The van der Waals surface area contributed by atoms with Crippen LogP contribution in [0.4, 0.5) is 11.4 Å². The summed E-state index contributed by atoms with van der Waals surface area (Å²) in [6.07, 6.45) is 0.194. The molecule has 0 saturated carbocycles. The van der Waals surface area contributed by atoms with Crippen molar-refractivity contribution >= 4 is 34.5 Å². The Balaban J connectivity index is 1.56. The van der Waals surface area contributed by atoms with E-state index in [2.05, 4.69) is 15.6 Å². The van der Waals surface area contributed by atoms with Crippen LogP contribution in [0, 0.1) is 5.92 Å². The molecule has 0 bridgehead atoms. The Morgan fingerprint density at radius 3 is 2.23 bits per heavy atom. The van der Waals surface area contributed by atoms with Crippen molar-refractivity contribution in [3.05, 3.63) is 59.6 Å². The van der Waals surface area contributed by atoms with Gasteiger partial charge in [0.15, 0.2) is 0 Å². The zero-order valence-electron chi connectivity index (χ0n) is 17.3. The number of carbonyl (C=O) groups excluding carboxylic acids is 2. The van der Waals surface area contributed by atoms with Crippen molar-refractivity contribution in [3.8, 4) is 16.3 Å². The first kappa shape index (κ1) is 21.5. The summed E-state index contributed by atoms with van der Waals surface area (Å²) in [6, 6.07) is 14.8. The molecule has 0 radical (unpaired) electrons. The molecule has 7 heteroatoms. The normalized spacial score (nSPS) is 10.7. The quantitative estimate of drug-likeness (QED) is 0.535. The number of nitrogens with one attached hydrogen (secondary N) is 2. The van der Waals surface area contributed by atoms with Crippen molar-refractivity contribution in [2.45, 2.75) is 27.2 Å². The van der Waals surface area contributed by atoms with E-state index in [1.807, 2.05) is 50.4 Å². The number of hydrogen-bond donors (Lipinski definition) is 2. The Labute approximate surface area is 180 Å². The van der Waals surface area contributed by atoms with Crippen molar-refractivity contribution in [3.63, 3.8) is 0 Å². The van der Waals surface area contributed by atoms with Gasteiger partial charge in [-0.3, -0.25) is 9.59 Å². The SMILES string of the molecule is CCOc1ccc(-c2nc(CC(=O)Nc3ccc(NC(=O)C(C)C)cc3)cs2)cc1. The molecule has 0 saturated heterocycles. The lowest BCUT2D eigenvalue weighted by Gasteiger charge is -2.09. The predicted molar refractivity (Wildman–Crippen MR) is 121 cm³/mol. The van der Waals surface area contributed by atoms with Crippen molar-refractivity contribution in [1.82, 2.24) is 4.98 Å². The zero-order valence-corrected chi connectivity index (χ0v) is 18.1. The van der Waals surface area contributed by atoms with Crippen molar-refractivity contribution in [2.24, 2.45) is 5.92 Å². The van der Waals surface area contributed by atoms with Crippen LogP contribution in [0.5, 0.6) is 5.75 Å². The summed E-state index contributed by atoms with van der Waals surface area (Å²) in [5.41, 5.74) is 3.09. The highest BCUT2D eigenvalue weighted by Gasteiger charge is 2.11. The van der Waals surface area contributed by atoms with Gasteiger partial charge in [-0.1, -0.05) is 13.8 Å². The number of amides is 2. The Morgan fingerprint density at radius 1 is 1.00 bits per heavy atom. The molecule has 0 aliphatic rings. The smallest absolute Gasteiger partial charge is 0.230 e. The highest BCUT2D eigenvalue weighted by atomic mass is 32.1. The van der Waals surface area contributed by atoms with Gasteiger partial charge >= 0.3 is 0 Å². The first-order chi connectivity index (χ1) is 14.4. The standard InChI is InChI=1S/C23H25N3O3S/c1-4-29-20-11-5-16(6-12-20)23-26-19(14-30-23)13-21(27)24-17-7-9-18(10-8-17)25-22(28)15(2)3/h5-12,14-15H,4,13H2,1-3H3,(H,24,27)(H,25,28). The van der Waals surface area contributed by atoms with Gasteiger partial charge in [-0.25, -0.2) is 4.98 Å². The number of anilines is 2. The minimum absolute atomic E-state index is 0.0429. The second-order valence-electron chi connectivity index (χ2n) is 7.05. The number of benzene rings is 2. The van der Waals surface area contributed by atoms with Crippen LogP contribution in [-0.2, 0) is 16.0 Å². The molecule has 0 atom stereocenters. The fraction of sp³-hybridized carbons (Fsp3) is 0.261. The number of nitrogens with zero attached hydrogens (tertiary/aromatic N) is 1. The van der Waals surface area contributed by atoms with Crippen LogP contribution in [-0.4, -0.2) is 23.4 Å². The topological polar surface area (TPSA) is 80.3 Å². The van der Waals surface area contributed by atoms with E-state index in [9.17, 15) is 9.59 Å². The first-order valence-electron chi connectivity index (χ1n) is 9.83. The Kier molecular flexibility index (Phi) is 7.19. The molecule has 3 aromatic rings. The average molecular weight is 424 g/mol. The van der Waals surface area contributed by atoms with E-state index >= 15 is 0 Å². The van der Waals surface area contributed by atoms with E-state index in [-0.39, 0.29) is 24.2 Å². The van der Waals surface area contributed by atoms with Crippen molar-refractivity contribution in [1.29, 1.82) is 0 Å². The molecule has 0 aliphatic heterocycles. The number of aromatic nitrogens is 1. The second kappa shape index (κ2) is 10.0. The van der Waals surface area contributed by atoms with Crippen LogP contribution in [0.2, 0.25) is 0 Å². The molecule has 2 amide bonds. The van der Waals surface area contributed by atoms with E-state index in [0.29, 0.717) is 18.0 Å². The fourth-order valence-electron chi connectivity index (χ4n) is 2.67. The van der Waals surface area contributed by atoms with Crippen LogP contribution in [0.25, 0.3) is 10.6 Å². The minimum Gasteiger partial charge on any atom is -0.494 e. The Hall–Kier alpha value is -3.19. The maximum Gasteiger partial charge on any atom is 0.230 e. The van der Waals surface area contributed by atoms with Gasteiger partial charge in [-0.05, 0) is 55.5 Å². The molecular formula is C23H25N3O3S. The molecule has 0 aliphatic carbocycles. The van der Waals surface area contributed by atoms with Gasteiger partial charge in [-0.15, -0.1) is 11.3 Å². The van der Waals surface area contributed by atoms with Gasteiger partial charge < -0.3 is 15.4 Å². The zero-order chi connectivity index (χ0) is 21.5. The number of thiazole rings is 1. The fourth-order valence-corrected chi connectivity index (χ4v) is 3.50. The summed E-state index contributed by atoms with van der Waals surface area (Å²) in [5.74, 6) is 0.554. The van der Waals surface area contributed by atoms with Crippen LogP contribution < -0.4 is 15.4 Å². The highest BCUT2D eigenvalue weighted by Crippen LogP contribution is 2.26. The maximum absolute atomic E-state index is 12.4. The highest BCUT2D eigenvalue weighted by molar-refractivity contribution is 7.13. The first-order valence-corrected chi connectivity index (χ1v) is 10.7. The molecule has 0 spiro atoms. The molecule has 1 aromatic heterocycles. The summed E-state index contributed by atoms with van der Waals surface area (Å²) in [5, 5.41) is 8.45. The Morgan fingerprint density at radius 2 is 1.63 bits per heavy atom. The monoisotopic (exact) mass is 423 g/mol. The van der Waals surface area contributed by atoms with E-state index < -0.39 is 0 Å². The third kappa shape index (κ3) is 5.90.